The van der Waals surface area contributed by atoms with Gasteiger partial charge in [0, 0.05) is 22.4 Å². The highest BCUT2D eigenvalue weighted by atomic mass is 32.1. The van der Waals surface area contributed by atoms with Crippen molar-refractivity contribution in [3.63, 3.8) is 0 Å². The maximum Gasteiger partial charge on any atom is 0.280 e. The van der Waals surface area contributed by atoms with E-state index in [-0.39, 0.29) is 5.69 Å². The molecule has 2 aromatic heterocycles. The average Bonchev–Trinajstić information content (AvgIpc) is 3.16. The Hall–Kier alpha value is -2.10. The van der Waals surface area contributed by atoms with Gasteiger partial charge in [-0.3, -0.25) is 4.79 Å². The van der Waals surface area contributed by atoms with Crippen LogP contribution in [0.25, 0.3) is 10.2 Å². The van der Waals surface area contributed by atoms with E-state index in [9.17, 15) is 18.7 Å². The van der Waals surface area contributed by atoms with E-state index in [0.29, 0.717) is 22.4 Å². The van der Waals surface area contributed by atoms with E-state index in [1.54, 1.807) is 37.3 Å². The van der Waals surface area contributed by atoms with Crippen LogP contribution in [0.5, 0.6) is 0 Å². The van der Waals surface area contributed by atoms with Gasteiger partial charge in [-0.15, -0.1) is 11.3 Å². The first kappa shape index (κ1) is 23.1. The van der Waals surface area contributed by atoms with E-state index in [0.717, 1.165) is 40.9 Å². The summed E-state index contributed by atoms with van der Waals surface area (Å²) in [6, 6.07) is 7.52. The van der Waals surface area contributed by atoms with Gasteiger partial charge >= 0.3 is 0 Å². The van der Waals surface area contributed by atoms with E-state index in [4.69, 9.17) is 4.98 Å². The molecule has 9 heteroatoms. The van der Waals surface area contributed by atoms with Crippen molar-refractivity contribution in [1.29, 1.82) is 0 Å². The van der Waals surface area contributed by atoms with E-state index < -0.39 is 23.6 Å². The molecule has 1 saturated carbocycles. The lowest BCUT2D eigenvalue weighted by molar-refractivity contribution is 0.0794. The van der Waals surface area contributed by atoms with Gasteiger partial charge in [-0.2, -0.15) is 12.6 Å². The number of anilines is 1. The second-order valence-electron chi connectivity index (χ2n) is 8.68. The molecule has 0 unspecified atom stereocenters. The number of nitrogens with zero attached hydrogens (tertiary/aromatic N) is 2. The van der Waals surface area contributed by atoms with Crippen LogP contribution in [0.4, 0.5) is 14.5 Å². The molecule has 4 rings (SSSR count). The summed E-state index contributed by atoms with van der Waals surface area (Å²) in [6.07, 6.45) is 1.44. The summed E-state index contributed by atoms with van der Waals surface area (Å²) < 4.78 is 26.8. The number of halogens is 2. The number of amides is 1. The van der Waals surface area contributed by atoms with Gasteiger partial charge < -0.3 is 10.4 Å². The molecule has 0 aliphatic heterocycles. The van der Waals surface area contributed by atoms with E-state index in [1.165, 1.54) is 18.2 Å². The number of carbonyl (C=O) groups excluding carboxylic acids is 1. The van der Waals surface area contributed by atoms with Gasteiger partial charge in [-0.1, -0.05) is 6.07 Å². The number of thiol groups is 1. The highest BCUT2D eigenvalue weighted by Gasteiger charge is 2.26. The summed E-state index contributed by atoms with van der Waals surface area (Å²) in [5.41, 5.74) is -0.140. The van der Waals surface area contributed by atoms with Gasteiger partial charge in [0.1, 0.15) is 11.4 Å². The number of alkyl halides is 2. The summed E-state index contributed by atoms with van der Waals surface area (Å²) >= 11 is 6.15. The predicted molar refractivity (Wildman–Crippen MR) is 126 cm³/mol. The molecule has 1 aromatic carbocycles. The third-order valence-electron chi connectivity index (χ3n) is 5.72. The minimum absolute atomic E-state index is 0.113. The number of benzene rings is 1. The molecular weight excluding hydrogens is 452 g/mol. The molecule has 0 radical (unpaired) electrons. The van der Waals surface area contributed by atoms with Crippen molar-refractivity contribution in [1.82, 2.24) is 9.97 Å². The summed E-state index contributed by atoms with van der Waals surface area (Å²) in [4.78, 5) is 21.3. The fraction of sp³-hybridized carbons (Fsp3) is 0.435. The summed E-state index contributed by atoms with van der Waals surface area (Å²) in [6.45, 7) is 3.25. The number of hydrogen-bond donors (Lipinski definition) is 3. The number of aliphatic hydroxyl groups is 1. The molecule has 5 nitrogen and oxygen atoms in total. The molecule has 0 atom stereocenters. The predicted octanol–water partition coefficient (Wildman–Crippen LogP) is 6.06. The van der Waals surface area contributed by atoms with Crippen LogP contribution < -0.4 is 5.32 Å². The maximum atomic E-state index is 13.0. The SMILES string of the molecule is CC(C)(O)c1cc2nc([C@H]3CC[C@H](S)CC3)sc2cc1NC(=O)c1cccc(C(F)F)n1. The Labute approximate surface area is 194 Å². The van der Waals surface area contributed by atoms with Crippen molar-refractivity contribution in [3.05, 3.63) is 52.3 Å². The fourth-order valence-corrected chi connectivity index (χ4v) is 5.44. The van der Waals surface area contributed by atoms with Crippen LogP contribution in [0.2, 0.25) is 0 Å². The molecule has 0 saturated heterocycles. The Kier molecular flexibility index (Phi) is 6.51. The second-order valence-corrected chi connectivity index (χ2v) is 10.5. The van der Waals surface area contributed by atoms with Gasteiger partial charge in [0.25, 0.3) is 12.3 Å². The number of fused-ring (bicyclic) bond motifs is 1. The Morgan fingerprint density at radius 1 is 1.22 bits per heavy atom. The first-order valence-electron chi connectivity index (χ1n) is 10.5. The smallest absolute Gasteiger partial charge is 0.280 e. The molecule has 0 bridgehead atoms. The molecule has 1 amide bonds. The van der Waals surface area contributed by atoms with Gasteiger partial charge in [0.2, 0.25) is 0 Å². The van der Waals surface area contributed by atoms with Crippen molar-refractivity contribution in [2.45, 2.75) is 62.7 Å². The monoisotopic (exact) mass is 477 g/mol. The van der Waals surface area contributed by atoms with E-state index in [2.05, 4.69) is 22.9 Å². The zero-order valence-electron chi connectivity index (χ0n) is 17.8. The lowest BCUT2D eigenvalue weighted by Gasteiger charge is -2.23. The molecule has 2 N–H and O–H groups in total. The van der Waals surface area contributed by atoms with Crippen LogP contribution in [0.3, 0.4) is 0 Å². The number of rotatable bonds is 5. The number of pyridine rings is 1. The number of aromatic nitrogens is 2. The zero-order chi connectivity index (χ0) is 23.0. The van der Waals surface area contributed by atoms with Gasteiger partial charge in [0.15, 0.2) is 0 Å². The topological polar surface area (TPSA) is 75.1 Å². The normalized spacial score (nSPS) is 19.5. The zero-order valence-corrected chi connectivity index (χ0v) is 19.5. The summed E-state index contributed by atoms with van der Waals surface area (Å²) in [7, 11) is 0. The highest BCUT2D eigenvalue weighted by molar-refractivity contribution is 7.80. The molecule has 1 fully saturated rings. The summed E-state index contributed by atoms with van der Waals surface area (Å²) in [5.74, 6) is -0.227. The molecule has 1 aliphatic rings. The minimum Gasteiger partial charge on any atom is -0.386 e. The van der Waals surface area contributed by atoms with Crippen molar-refractivity contribution in [2.75, 3.05) is 5.32 Å². The number of nitrogens with one attached hydrogen (secondary N) is 1. The van der Waals surface area contributed by atoms with Crippen LogP contribution in [-0.4, -0.2) is 26.2 Å². The molecule has 32 heavy (non-hydrogen) atoms. The van der Waals surface area contributed by atoms with Crippen LogP contribution in [0.1, 0.15) is 78.6 Å². The van der Waals surface area contributed by atoms with Crippen molar-refractivity contribution in [2.24, 2.45) is 0 Å². The molecule has 1 aliphatic carbocycles. The molecule has 170 valence electrons. The Bertz CT molecular complexity index is 1140. The maximum absolute atomic E-state index is 13.0. The largest absolute Gasteiger partial charge is 0.386 e. The van der Waals surface area contributed by atoms with E-state index >= 15 is 0 Å². The van der Waals surface area contributed by atoms with Gasteiger partial charge in [-0.05, 0) is 63.8 Å². The van der Waals surface area contributed by atoms with Crippen molar-refractivity contribution >= 4 is 45.8 Å². The first-order chi connectivity index (χ1) is 15.1. The van der Waals surface area contributed by atoms with Gasteiger partial charge in [-0.25, -0.2) is 18.7 Å². The van der Waals surface area contributed by atoms with Crippen LogP contribution in [-0.2, 0) is 5.60 Å². The fourth-order valence-electron chi connectivity index (χ4n) is 3.98. The average molecular weight is 478 g/mol. The first-order valence-corrected chi connectivity index (χ1v) is 11.9. The third kappa shape index (κ3) is 4.94. The Morgan fingerprint density at radius 3 is 2.59 bits per heavy atom. The number of carbonyl (C=O) groups is 1. The lowest BCUT2D eigenvalue weighted by atomic mass is 9.89. The van der Waals surface area contributed by atoms with Crippen LogP contribution in [0.15, 0.2) is 30.3 Å². The third-order valence-corrected chi connectivity index (χ3v) is 7.42. The molecule has 3 aromatic rings. The standard InChI is InChI=1S/C23H25F2N3O2S2/c1-23(2,30)14-10-18-19(32-22(28-18)12-6-8-13(31)9-7-12)11-17(14)27-21(29)16-5-3-4-15(26-16)20(24)25/h3-5,10-13,20,30-31H,6-9H2,1-2H3,(H,27,29)/t12-,13-. The van der Waals surface area contributed by atoms with Crippen LogP contribution >= 0.6 is 24.0 Å². The summed E-state index contributed by atoms with van der Waals surface area (Å²) in [5, 5.41) is 15.0. The van der Waals surface area contributed by atoms with E-state index in [1.807, 2.05) is 0 Å². The van der Waals surface area contributed by atoms with Crippen molar-refractivity contribution in [3.8, 4) is 0 Å². The van der Waals surface area contributed by atoms with Crippen LogP contribution in [0, 0.1) is 0 Å². The molecule has 0 spiro atoms. The van der Waals surface area contributed by atoms with Gasteiger partial charge in [0.05, 0.1) is 20.8 Å². The Balaban J connectivity index is 1.68. The highest BCUT2D eigenvalue weighted by Crippen LogP contribution is 2.40. The molecule has 2 heterocycles. The minimum atomic E-state index is -2.76. The lowest BCUT2D eigenvalue weighted by Crippen LogP contribution is -2.21. The second kappa shape index (κ2) is 9.03. The van der Waals surface area contributed by atoms with Crippen molar-refractivity contribution < 1.29 is 18.7 Å². The number of hydrogen-bond acceptors (Lipinski definition) is 6. The Morgan fingerprint density at radius 2 is 1.94 bits per heavy atom. The quantitative estimate of drug-likeness (QED) is 0.390. The molecular formula is C23H25F2N3O2S2. The number of thiazole rings is 1.